The van der Waals surface area contributed by atoms with Gasteiger partial charge in [-0.05, 0) is 5.56 Å². The number of hydrogen-bond donors (Lipinski definition) is 2. The Hall–Kier alpha value is -0.530. The fourth-order valence-corrected chi connectivity index (χ4v) is 4.35. The summed E-state index contributed by atoms with van der Waals surface area (Å²) < 4.78 is 21.5. The van der Waals surface area contributed by atoms with E-state index in [1.807, 2.05) is 30.3 Å². The van der Waals surface area contributed by atoms with Gasteiger partial charge in [-0.25, -0.2) is 8.42 Å². The lowest BCUT2D eigenvalue weighted by Crippen LogP contribution is -2.51. The molecule has 2 N–H and O–H groups in total. The van der Waals surface area contributed by atoms with Crippen LogP contribution >= 0.6 is 34.8 Å². The summed E-state index contributed by atoms with van der Waals surface area (Å²) >= 11 is 16.5. The highest BCUT2D eigenvalue weighted by atomic mass is 35.6. The number of alkyl halides is 3. The van der Waals surface area contributed by atoms with E-state index in [1.54, 1.807) is 0 Å². The molecule has 0 bridgehead atoms. The van der Waals surface area contributed by atoms with E-state index < -0.39 is 31.6 Å². The number of carbonyl (C=O) groups is 1. The lowest BCUT2D eigenvalue weighted by atomic mass is 10.1. The molecule has 1 aliphatic heterocycles. The van der Waals surface area contributed by atoms with Crippen LogP contribution in [0.2, 0.25) is 0 Å². The molecule has 1 amide bonds. The molecule has 0 spiro atoms. The molecule has 0 aromatic heterocycles. The van der Waals surface area contributed by atoms with Crippen LogP contribution in [0.5, 0.6) is 0 Å². The molecule has 1 aliphatic rings. The lowest BCUT2D eigenvalue weighted by Gasteiger charge is -2.22. The van der Waals surface area contributed by atoms with Gasteiger partial charge in [-0.1, -0.05) is 65.1 Å². The predicted molar refractivity (Wildman–Crippen MR) is 87.9 cm³/mol. The van der Waals surface area contributed by atoms with Crippen molar-refractivity contribution >= 4 is 50.5 Å². The number of halogens is 3. The average molecular weight is 386 g/mol. The molecular formula is C13H15Cl3N2O3S. The molecular weight excluding hydrogens is 371 g/mol. The maximum Gasteiger partial charge on any atom is 0.272 e. The molecule has 1 aromatic carbocycles. The Kier molecular flexibility index (Phi) is 5.61. The van der Waals surface area contributed by atoms with Crippen LogP contribution in [0.4, 0.5) is 0 Å². The monoisotopic (exact) mass is 384 g/mol. The summed E-state index contributed by atoms with van der Waals surface area (Å²) in [5, 5.41) is 5.62. The molecule has 5 nitrogen and oxygen atoms in total. The molecule has 2 atom stereocenters. The second kappa shape index (κ2) is 6.93. The number of nitrogens with one attached hydrogen (secondary N) is 2. The van der Waals surface area contributed by atoms with Gasteiger partial charge in [0.15, 0.2) is 9.84 Å². The van der Waals surface area contributed by atoms with Crippen molar-refractivity contribution in [3.63, 3.8) is 0 Å². The highest BCUT2D eigenvalue weighted by Crippen LogP contribution is 2.27. The molecule has 0 saturated carbocycles. The molecule has 0 unspecified atom stereocenters. The highest BCUT2D eigenvalue weighted by molar-refractivity contribution is 7.91. The predicted octanol–water partition coefficient (Wildman–Crippen LogP) is 1.43. The maximum absolute atomic E-state index is 11.8. The van der Waals surface area contributed by atoms with Gasteiger partial charge in [0.2, 0.25) is 0 Å². The van der Waals surface area contributed by atoms with Gasteiger partial charge in [0.05, 0.1) is 17.5 Å². The summed E-state index contributed by atoms with van der Waals surface area (Å²) in [7, 11) is -3.25. The number of amides is 1. The lowest BCUT2D eigenvalue weighted by molar-refractivity contribution is -0.120. The minimum Gasteiger partial charge on any atom is -0.347 e. The van der Waals surface area contributed by atoms with Gasteiger partial charge in [0, 0.05) is 12.6 Å². The summed E-state index contributed by atoms with van der Waals surface area (Å²) in [6.07, 6.45) is 0. The van der Waals surface area contributed by atoms with E-state index >= 15 is 0 Å². The fraction of sp³-hybridized carbons (Fsp3) is 0.462. The molecule has 1 heterocycles. The standard InChI is InChI=1S/C13H15Cl3N2O3S/c14-13(15,16)12(19)18-11-8-22(20,21)7-10(11)17-6-9-4-2-1-3-5-9/h1-5,10-11,17H,6-8H2,(H,18,19)/t10-,11+/m1/s1. The van der Waals surface area contributed by atoms with E-state index in [0.29, 0.717) is 6.54 Å². The van der Waals surface area contributed by atoms with Crippen LogP contribution in [-0.4, -0.2) is 41.7 Å². The van der Waals surface area contributed by atoms with E-state index in [2.05, 4.69) is 10.6 Å². The Labute approximate surface area is 144 Å². The first-order chi connectivity index (χ1) is 10.2. The largest absolute Gasteiger partial charge is 0.347 e. The van der Waals surface area contributed by atoms with Crippen molar-refractivity contribution in [2.75, 3.05) is 11.5 Å². The fourth-order valence-electron chi connectivity index (χ4n) is 2.29. The minimum atomic E-state index is -3.25. The van der Waals surface area contributed by atoms with Crippen LogP contribution in [0.25, 0.3) is 0 Å². The van der Waals surface area contributed by atoms with E-state index in [9.17, 15) is 13.2 Å². The average Bonchev–Trinajstić information content (AvgIpc) is 2.71. The van der Waals surface area contributed by atoms with Crippen LogP contribution in [0.1, 0.15) is 5.56 Å². The van der Waals surface area contributed by atoms with Crippen LogP contribution in [0, 0.1) is 0 Å². The second-order valence-corrected chi connectivity index (χ2v) is 9.56. The Bertz CT molecular complexity index is 632. The summed E-state index contributed by atoms with van der Waals surface area (Å²) in [5.41, 5.74) is 1.01. The number of rotatable bonds is 4. The molecule has 2 rings (SSSR count). The zero-order valence-corrected chi connectivity index (χ0v) is 14.5. The number of sulfone groups is 1. The summed E-state index contributed by atoms with van der Waals surface area (Å²) in [6, 6.07) is 8.47. The molecule has 0 aliphatic carbocycles. The van der Waals surface area contributed by atoms with Crippen molar-refractivity contribution < 1.29 is 13.2 Å². The van der Waals surface area contributed by atoms with E-state index in [0.717, 1.165) is 5.56 Å². The highest BCUT2D eigenvalue weighted by Gasteiger charge is 2.41. The topological polar surface area (TPSA) is 75.3 Å². The van der Waals surface area contributed by atoms with Crippen molar-refractivity contribution in [3.05, 3.63) is 35.9 Å². The summed E-state index contributed by atoms with van der Waals surface area (Å²) in [6.45, 7) is 0.487. The number of hydrogen-bond acceptors (Lipinski definition) is 4. The third-order valence-electron chi connectivity index (χ3n) is 3.34. The van der Waals surface area contributed by atoms with Crippen molar-refractivity contribution in [2.45, 2.75) is 22.4 Å². The first-order valence-corrected chi connectivity index (χ1v) is 9.48. The van der Waals surface area contributed by atoms with Crippen molar-refractivity contribution in [2.24, 2.45) is 0 Å². The molecule has 9 heteroatoms. The smallest absolute Gasteiger partial charge is 0.272 e. The van der Waals surface area contributed by atoms with Crippen molar-refractivity contribution in [1.82, 2.24) is 10.6 Å². The Morgan fingerprint density at radius 1 is 1.14 bits per heavy atom. The van der Waals surface area contributed by atoms with Gasteiger partial charge in [-0.2, -0.15) is 0 Å². The summed E-state index contributed by atoms with van der Waals surface area (Å²) in [5.74, 6) is -1.07. The van der Waals surface area contributed by atoms with Crippen molar-refractivity contribution in [1.29, 1.82) is 0 Å². The Morgan fingerprint density at radius 3 is 2.32 bits per heavy atom. The molecule has 122 valence electrons. The molecule has 1 saturated heterocycles. The number of carbonyl (C=O) groups excluding carboxylic acids is 1. The maximum atomic E-state index is 11.8. The van der Waals surface area contributed by atoms with Crippen LogP contribution in [0.3, 0.4) is 0 Å². The zero-order chi connectivity index (χ0) is 16.4. The van der Waals surface area contributed by atoms with Crippen LogP contribution in [0.15, 0.2) is 30.3 Å². The van der Waals surface area contributed by atoms with Gasteiger partial charge in [-0.15, -0.1) is 0 Å². The third kappa shape index (κ3) is 4.99. The first-order valence-electron chi connectivity index (χ1n) is 6.53. The minimum absolute atomic E-state index is 0.0648. The quantitative estimate of drug-likeness (QED) is 0.769. The second-order valence-electron chi connectivity index (χ2n) is 5.13. The normalized spacial score (nSPS) is 24.1. The molecule has 22 heavy (non-hydrogen) atoms. The Morgan fingerprint density at radius 2 is 1.73 bits per heavy atom. The molecule has 0 radical (unpaired) electrons. The SMILES string of the molecule is O=C(N[C@H]1CS(=O)(=O)C[C@H]1NCc1ccccc1)C(Cl)(Cl)Cl. The molecule has 1 aromatic rings. The van der Waals surface area contributed by atoms with Gasteiger partial charge in [0.1, 0.15) is 0 Å². The zero-order valence-electron chi connectivity index (χ0n) is 11.4. The van der Waals surface area contributed by atoms with Gasteiger partial charge in [0.25, 0.3) is 9.70 Å². The third-order valence-corrected chi connectivity index (χ3v) is 5.59. The number of benzene rings is 1. The Balaban J connectivity index is 2.02. The molecule has 1 fully saturated rings. The van der Waals surface area contributed by atoms with Crippen LogP contribution < -0.4 is 10.6 Å². The van der Waals surface area contributed by atoms with Crippen LogP contribution in [-0.2, 0) is 21.2 Å². The van der Waals surface area contributed by atoms with Crippen molar-refractivity contribution in [3.8, 4) is 0 Å². The van der Waals surface area contributed by atoms with E-state index in [-0.39, 0.29) is 11.5 Å². The van der Waals surface area contributed by atoms with Gasteiger partial charge < -0.3 is 10.6 Å². The van der Waals surface area contributed by atoms with Gasteiger partial charge in [-0.3, -0.25) is 4.79 Å². The first kappa shape index (κ1) is 17.8. The van der Waals surface area contributed by atoms with Gasteiger partial charge >= 0.3 is 0 Å². The summed E-state index contributed by atoms with van der Waals surface area (Å²) in [4.78, 5) is 11.7. The van der Waals surface area contributed by atoms with E-state index in [4.69, 9.17) is 34.8 Å². The van der Waals surface area contributed by atoms with E-state index in [1.165, 1.54) is 0 Å².